The zero-order valence-electron chi connectivity index (χ0n) is 18.7. The van der Waals surface area contributed by atoms with Crippen molar-refractivity contribution >= 4 is 11.6 Å². The normalized spacial score (nSPS) is 15.8. The van der Waals surface area contributed by atoms with E-state index in [1.165, 1.54) is 89.9 Å². The lowest BCUT2D eigenvalue weighted by Gasteiger charge is -2.43. The van der Waals surface area contributed by atoms with Crippen LogP contribution in [0.1, 0.15) is 117 Å². The molecule has 2 atom stereocenters. The van der Waals surface area contributed by atoms with Crippen LogP contribution in [0.15, 0.2) is 0 Å². The summed E-state index contributed by atoms with van der Waals surface area (Å²) in [4.78, 5) is -0.284. The molecule has 2 nitrogen and oxygen atoms in total. The van der Waals surface area contributed by atoms with Gasteiger partial charge >= 0.3 is 0 Å². The van der Waals surface area contributed by atoms with Crippen LogP contribution in [0.25, 0.3) is 0 Å². The van der Waals surface area contributed by atoms with Crippen LogP contribution in [-0.2, 0) is 0 Å². The van der Waals surface area contributed by atoms with E-state index in [1.54, 1.807) is 0 Å². The van der Waals surface area contributed by atoms with E-state index in [0.717, 1.165) is 6.42 Å². The lowest BCUT2D eigenvalue weighted by Crippen LogP contribution is -2.57. The van der Waals surface area contributed by atoms with Gasteiger partial charge in [0, 0.05) is 13.3 Å². The van der Waals surface area contributed by atoms with Gasteiger partial charge < -0.3 is 9.59 Å². The fourth-order valence-electron chi connectivity index (χ4n) is 3.80. The number of hydrogen-bond donors (Lipinski definition) is 1. The number of nitrogens with zero attached hydrogens (tertiary/aromatic N) is 1. The van der Waals surface area contributed by atoms with Crippen LogP contribution in [0.5, 0.6) is 0 Å². The van der Waals surface area contributed by atoms with E-state index < -0.39 is 0 Å². The molecule has 0 spiro atoms. The van der Waals surface area contributed by atoms with Gasteiger partial charge in [-0.2, -0.15) is 0 Å². The number of halogens is 1. The summed E-state index contributed by atoms with van der Waals surface area (Å²) in [5.74, 6) is 0. The van der Waals surface area contributed by atoms with Crippen molar-refractivity contribution in [2.24, 2.45) is 0 Å². The van der Waals surface area contributed by atoms with Gasteiger partial charge in [0.1, 0.15) is 12.6 Å². The van der Waals surface area contributed by atoms with Crippen molar-refractivity contribution in [3.8, 4) is 0 Å². The van der Waals surface area contributed by atoms with Crippen LogP contribution < -0.4 is 0 Å². The molecule has 0 saturated carbocycles. The summed E-state index contributed by atoms with van der Waals surface area (Å²) in [6.07, 6.45) is 20.1. The monoisotopic (exact) mass is 390 g/mol. The lowest BCUT2D eigenvalue weighted by molar-refractivity contribution is -0.928. The lowest BCUT2D eigenvalue weighted by atomic mass is 10.0. The van der Waals surface area contributed by atoms with E-state index in [1.807, 2.05) is 6.92 Å². The van der Waals surface area contributed by atoms with Gasteiger partial charge in [0.25, 0.3) is 0 Å². The largest absolute Gasteiger partial charge is 0.388 e. The Kier molecular flexibility index (Phi) is 15.3. The molecule has 0 aliphatic rings. The predicted molar refractivity (Wildman–Crippen MR) is 118 cm³/mol. The molecule has 158 valence electrons. The Morgan fingerprint density at radius 2 is 1.12 bits per heavy atom. The Hall–Kier alpha value is 0.210. The summed E-state index contributed by atoms with van der Waals surface area (Å²) in [6, 6.07) is 0. The Morgan fingerprint density at radius 3 is 1.46 bits per heavy atom. The highest BCUT2D eigenvalue weighted by molar-refractivity contribution is 6.22. The Morgan fingerprint density at radius 1 is 0.769 bits per heavy atom. The second-order valence-electron chi connectivity index (χ2n) is 9.21. The van der Waals surface area contributed by atoms with Crippen molar-refractivity contribution in [2.45, 2.75) is 128 Å². The zero-order chi connectivity index (χ0) is 19.9. The number of rotatable bonds is 18. The minimum atomic E-state index is -0.306. The average Bonchev–Trinajstić information content (AvgIpc) is 2.53. The molecule has 0 aliphatic carbocycles. The maximum atomic E-state index is 9.67. The number of aliphatic hydroxyl groups excluding tert-OH is 1. The minimum Gasteiger partial charge on any atom is -0.388 e. The average molecular weight is 391 g/mol. The second kappa shape index (κ2) is 15.2. The molecule has 0 radical (unpaired) electrons. The zero-order valence-corrected chi connectivity index (χ0v) is 19.4. The molecular weight excluding hydrogens is 342 g/mol. The molecule has 26 heavy (non-hydrogen) atoms. The van der Waals surface area contributed by atoms with Crippen LogP contribution in [-0.4, -0.2) is 41.3 Å². The molecule has 0 aromatic carbocycles. The molecule has 1 N–H and O–H groups in total. The number of aliphatic hydroxyl groups is 1. The quantitative estimate of drug-likeness (QED) is 0.113. The molecule has 0 aliphatic heterocycles. The minimum absolute atomic E-state index is 0.284. The standard InChI is InChI=1S/C23H49ClNO/c1-6-7-8-9-10-11-12-13-14-15-16-17-18-19-20-23(3,24)25(4,5)21-22(2)26/h22,26H,6-21H2,1-5H3/q+1. The van der Waals surface area contributed by atoms with Gasteiger partial charge in [0.2, 0.25) is 0 Å². The fraction of sp³-hybridized carbons (Fsp3) is 1.00. The summed E-state index contributed by atoms with van der Waals surface area (Å²) in [5, 5.41) is 9.67. The third-order valence-corrected chi connectivity index (χ3v) is 6.62. The molecule has 0 heterocycles. The number of alkyl halides is 1. The van der Waals surface area contributed by atoms with Crippen molar-refractivity contribution in [2.75, 3.05) is 20.6 Å². The molecule has 0 aromatic rings. The SMILES string of the molecule is CCCCCCCCCCCCCCCCC(C)(Cl)[N+](C)(C)CC(C)O. The third kappa shape index (κ3) is 13.4. The highest BCUT2D eigenvalue weighted by atomic mass is 35.5. The maximum absolute atomic E-state index is 9.67. The van der Waals surface area contributed by atoms with Gasteiger partial charge in [0.15, 0.2) is 5.00 Å². The smallest absolute Gasteiger partial charge is 0.171 e. The van der Waals surface area contributed by atoms with Crippen LogP contribution in [0, 0.1) is 0 Å². The molecule has 0 aromatic heterocycles. The molecule has 0 saturated heterocycles. The first-order valence-electron chi connectivity index (χ1n) is 11.4. The van der Waals surface area contributed by atoms with Gasteiger partial charge in [-0.1, -0.05) is 102 Å². The summed E-state index contributed by atoms with van der Waals surface area (Å²) >= 11 is 6.78. The summed E-state index contributed by atoms with van der Waals surface area (Å²) in [6.45, 7) is 6.96. The van der Waals surface area contributed by atoms with E-state index >= 15 is 0 Å². The van der Waals surface area contributed by atoms with Gasteiger partial charge in [-0.3, -0.25) is 0 Å². The Labute approximate surface area is 170 Å². The van der Waals surface area contributed by atoms with E-state index in [-0.39, 0.29) is 11.1 Å². The van der Waals surface area contributed by atoms with Crippen molar-refractivity contribution in [1.82, 2.24) is 0 Å². The second-order valence-corrected chi connectivity index (χ2v) is 10.0. The van der Waals surface area contributed by atoms with Crippen molar-refractivity contribution in [3.63, 3.8) is 0 Å². The van der Waals surface area contributed by atoms with Crippen LogP contribution in [0.2, 0.25) is 0 Å². The highest BCUT2D eigenvalue weighted by Gasteiger charge is 2.39. The third-order valence-electron chi connectivity index (χ3n) is 5.97. The molecule has 0 rings (SSSR count). The number of likely N-dealkylation sites (N-methyl/N-ethyl adjacent to an activating group) is 1. The summed E-state index contributed by atoms with van der Waals surface area (Å²) in [5.41, 5.74) is 0. The maximum Gasteiger partial charge on any atom is 0.171 e. The predicted octanol–water partition coefficient (Wildman–Crippen LogP) is 7.27. The molecule has 2 unspecified atom stereocenters. The number of quaternary nitrogens is 1. The van der Waals surface area contributed by atoms with Gasteiger partial charge in [-0.25, -0.2) is 0 Å². The Bertz CT molecular complexity index is 315. The van der Waals surface area contributed by atoms with Crippen LogP contribution >= 0.6 is 11.6 Å². The van der Waals surface area contributed by atoms with Crippen molar-refractivity contribution in [3.05, 3.63) is 0 Å². The van der Waals surface area contributed by atoms with E-state index in [4.69, 9.17) is 11.6 Å². The summed E-state index contributed by atoms with van der Waals surface area (Å²) in [7, 11) is 4.26. The van der Waals surface area contributed by atoms with Crippen LogP contribution in [0.4, 0.5) is 0 Å². The first kappa shape index (κ1) is 26.2. The van der Waals surface area contributed by atoms with Crippen molar-refractivity contribution < 1.29 is 9.59 Å². The topological polar surface area (TPSA) is 20.2 Å². The molecular formula is C23H49ClNO+. The molecule has 0 amide bonds. The van der Waals surface area contributed by atoms with Crippen molar-refractivity contribution in [1.29, 1.82) is 0 Å². The van der Waals surface area contributed by atoms with Gasteiger partial charge in [-0.05, 0) is 13.3 Å². The highest BCUT2D eigenvalue weighted by Crippen LogP contribution is 2.31. The summed E-state index contributed by atoms with van der Waals surface area (Å²) < 4.78 is 0.671. The first-order valence-corrected chi connectivity index (χ1v) is 11.8. The van der Waals surface area contributed by atoms with E-state index in [0.29, 0.717) is 11.0 Å². The van der Waals surface area contributed by atoms with E-state index in [9.17, 15) is 5.11 Å². The number of unbranched alkanes of at least 4 members (excludes halogenated alkanes) is 13. The van der Waals surface area contributed by atoms with Gasteiger partial charge in [0.05, 0.1) is 14.1 Å². The molecule has 0 fully saturated rings. The Balaban J connectivity index is 3.50. The fourth-order valence-corrected chi connectivity index (χ4v) is 4.00. The van der Waals surface area contributed by atoms with Crippen LogP contribution in [0.3, 0.4) is 0 Å². The number of hydrogen-bond acceptors (Lipinski definition) is 1. The van der Waals surface area contributed by atoms with E-state index in [2.05, 4.69) is 27.9 Å². The van der Waals surface area contributed by atoms with Gasteiger partial charge in [-0.15, -0.1) is 0 Å². The molecule has 3 heteroatoms. The molecule has 0 bridgehead atoms. The first-order chi connectivity index (χ1) is 12.2.